The summed E-state index contributed by atoms with van der Waals surface area (Å²) in [6.45, 7) is 5.83. The molecule has 20 heavy (non-hydrogen) atoms. The van der Waals surface area contributed by atoms with Crippen LogP contribution in [0.3, 0.4) is 0 Å². The summed E-state index contributed by atoms with van der Waals surface area (Å²) in [7, 11) is 0. The third-order valence-electron chi connectivity index (χ3n) is 4.02. The first-order valence-corrected chi connectivity index (χ1v) is 7.35. The quantitative estimate of drug-likeness (QED) is 0.849. The maximum absolute atomic E-state index is 11.6. The number of aliphatic hydroxyl groups excluding tert-OH is 1. The standard InChI is InChI=1S/C15H24N2O3/c1-12-3-6-16(7-4-12)10-13-9-14(19)15(20)11-17(13)5-2-8-18/h9,11-12,18,20H,2-8,10H2,1H3. The number of hydrogen-bond acceptors (Lipinski definition) is 4. The van der Waals surface area contributed by atoms with Crippen molar-refractivity contribution >= 4 is 0 Å². The molecule has 1 aromatic heterocycles. The zero-order valence-electron chi connectivity index (χ0n) is 12.1. The lowest BCUT2D eigenvalue weighted by Crippen LogP contribution is -2.33. The molecule has 1 saturated heterocycles. The summed E-state index contributed by atoms with van der Waals surface area (Å²) in [5.41, 5.74) is 0.585. The maximum Gasteiger partial charge on any atom is 0.223 e. The number of nitrogens with zero attached hydrogens (tertiary/aromatic N) is 2. The van der Waals surface area contributed by atoms with Gasteiger partial charge in [0, 0.05) is 31.5 Å². The van der Waals surface area contributed by atoms with Gasteiger partial charge in [0.05, 0.1) is 6.20 Å². The molecule has 0 aromatic carbocycles. The fourth-order valence-corrected chi connectivity index (χ4v) is 2.64. The third kappa shape index (κ3) is 3.84. The predicted octanol–water partition coefficient (Wildman–Crippen LogP) is 1.17. The molecule has 2 rings (SSSR count). The molecule has 5 heteroatoms. The molecule has 1 fully saturated rings. The van der Waals surface area contributed by atoms with E-state index in [1.807, 2.05) is 4.57 Å². The van der Waals surface area contributed by atoms with Gasteiger partial charge in [-0.05, 0) is 38.3 Å². The first-order chi connectivity index (χ1) is 9.60. The smallest absolute Gasteiger partial charge is 0.223 e. The number of aryl methyl sites for hydroxylation is 1. The van der Waals surface area contributed by atoms with E-state index in [9.17, 15) is 9.90 Å². The van der Waals surface area contributed by atoms with Gasteiger partial charge in [0.25, 0.3) is 0 Å². The fourth-order valence-electron chi connectivity index (χ4n) is 2.64. The average molecular weight is 280 g/mol. The van der Waals surface area contributed by atoms with E-state index in [1.165, 1.54) is 25.1 Å². The molecule has 1 aromatic rings. The molecule has 0 amide bonds. The highest BCUT2D eigenvalue weighted by atomic mass is 16.3. The Morgan fingerprint density at radius 2 is 2.05 bits per heavy atom. The van der Waals surface area contributed by atoms with E-state index in [4.69, 9.17) is 5.11 Å². The second-order valence-electron chi connectivity index (χ2n) is 5.74. The van der Waals surface area contributed by atoms with Crippen molar-refractivity contribution in [2.24, 2.45) is 5.92 Å². The van der Waals surface area contributed by atoms with E-state index in [0.717, 1.165) is 31.2 Å². The van der Waals surface area contributed by atoms with Crippen LogP contribution in [-0.2, 0) is 13.1 Å². The van der Waals surface area contributed by atoms with Crippen molar-refractivity contribution in [3.63, 3.8) is 0 Å². The molecule has 5 nitrogen and oxygen atoms in total. The van der Waals surface area contributed by atoms with Crippen molar-refractivity contribution in [2.45, 2.75) is 39.3 Å². The van der Waals surface area contributed by atoms with Crippen molar-refractivity contribution in [3.05, 3.63) is 28.2 Å². The first kappa shape index (κ1) is 15.1. The number of pyridine rings is 1. The zero-order valence-corrected chi connectivity index (χ0v) is 12.1. The lowest BCUT2D eigenvalue weighted by Gasteiger charge is -2.30. The molecule has 0 saturated carbocycles. The molecule has 0 bridgehead atoms. The number of hydrogen-bond donors (Lipinski definition) is 2. The molecule has 1 aliphatic heterocycles. The minimum Gasteiger partial charge on any atom is -0.503 e. The monoisotopic (exact) mass is 280 g/mol. The molecule has 0 spiro atoms. The van der Waals surface area contributed by atoms with Crippen LogP contribution in [0.4, 0.5) is 0 Å². The van der Waals surface area contributed by atoms with Crippen LogP contribution >= 0.6 is 0 Å². The van der Waals surface area contributed by atoms with Crippen LogP contribution in [0.1, 0.15) is 31.9 Å². The van der Waals surface area contributed by atoms with E-state index in [1.54, 1.807) is 0 Å². The van der Waals surface area contributed by atoms with Gasteiger partial charge in [-0.15, -0.1) is 0 Å². The highest BCUT2D eigenvalue weighted by Gasteiger charge is 2.17. The Labute approximate surface area is 119 Å². The van der Waals surface area contributed by atoms with Crippen molar-refractivity contribution in [2.75, 3.05) is 19.7 Å². The molecule has 0 atom stereocenters. The van der Waals surface area contributed by atoms with E-state index in [2.05, 4.69) is 11.8 Å². The lowest BCUT2D eigenvalue weighted by atomic mass is 9.99. The number of likely N-dealkylation sites (tertiary alicyclic amines) is 1. The first-order valence-electron chi connectivity index (χ1n) is 7.35. The van der Waals surface area contributed by atoms with Gasteiger partial charge in [-0.3, -0.25) is 9.69 Å². The third-order valence-corrected chi connectivity index (χ3v) is 4.02. The Morgan fingerprint density at radius 1 is 1.35 bits per heavy atom. The van der Waals surface area contributed by atoms with Crippen molar-refractivity contribution in [1.82, 2.24) is 9.47 Å². The Balaban J connectivity index is 2.12. The normalized spacial score (nSPS) is 17.5. The van der Waals surface area contributed by atoms with Gasteiger partial charge in [0.1, 0.15) is 0 Å². The Bertz CT molecular complexity index is 490. The maximum atomic E-state index is 11.6. The molecule has 2 heterocycles. The second-order valence-corrected chi connectivity index (χ2v) is 5.74. The number of piperidine rings is 1. The summed E-state index contributed by atoms with van der Waals surface area (Å²) in [4.78, 5) is 14.0. The highest BCUT2D eigenvalue weighted by molar-refractivity contribution is 5.20. The largest absolute Gasteiger partial charge is 0.503 e. The van der Waals surface area contributed by atoms with Gasteiger partial charge in [0.15, 0.2) is 5.75 Å². The summed E-state index contributed by atoms with van der Waals surface area (Å²) in [5, 5.41) is 18.5. The van der Waals surface area contributed by atoms with Crippen molar-refractivity contribution in [1.29, 1.82) is 0 Å². The number of rotatable bonds is 5. The molecule has 0 radical (unpaired) electrons. The fraction of sp³-hybridized carbons (Fsp3) is 0.667. The summed E-state index contributed by atoms with van der Waals surface area (Å²) in [6, 6.07) is 1.52. The zero-order chi connectivity index (χ0) is 14.5. The van der Waals surface area contributed by atoms with Crippen LogP contribution < -0.4 is 5.43 Å². The highest BCUT2D eigenvalue weighted by Crippen LogP contribution is 2.18. The minimum atomic E-state index is -0.328. The van der Waals surface area contributed by atoms with Crippen LogP contribution in [0, 0.1) is 5.92 Å². The summed E-state index contributed by atoms with van der Waals surface area (Å²) in [6.07, 6.45) is 4.49. The van der Waals surface area contributed by atoms with Crippen LogP contribution in [-0.4, -0.2) is 39.4 Å². The molecule has 2 N–H and O–H groups in total. The molecular weight excluding hydrogens is 256 g/mol. The van der Waals surface area contributed by atoms with Gasteiger partial charge in [-0.2, -0.15) is 0 Å². The van der Waals surface area contributed by atoms with Gasteiger partial charge >= 0.3 is 0 Å². The van der Waals surface area contributed by atoms with Crippen LogP contribution in [0.25, 0.3) is 0 Å². The SMILES string of the molecule is CC1CCN(Cc2cc(=O)c(O)cn2CCCO)CC1. The Morgan fingerprint density at radius 3 is 2.70 bits per heavy atom. The van der Waals surface area contributed by atoms with Crippen LogP contribution in [0.5, 0.6) is 5.75 Å². The van der Waals surface area contributed by atoms with Crippen LogP contribution in [0.15, 0.2) is 17.1 Å². The van der Waals surface area contributed by atoms with Crippen molar-refractivity contribution in [3.8, 4) is 5.75 Å². The number of aliphatic hydroxyl groups is 1. The second kappa shape index (κ2) is 6.90. The molecular formula is C15H24N2O3. The molecule has 0 aliphatic carbocycles. The molecule has 1 aliphatic rings. The van der Waals surface area contributed by atoms with E-state index < -0.39 is 0 Å². The van der Waals surface area contributed by atoms with E-state index >= 15 is 0 Å². The minimum absolute atomic E-state index is 0.105. The summed E-state index contributed by atoms with van der Waals surface area (Å²) < 4.78 is 1.88. The Kier molecular flexibility index (Phi) is 5.20. The molecule has 0 unspecified atom stereocenters. The predicted molar refractivity (Wildman–Crippen MR) is 77.7 cm³/mol. The van der Waals surface area contributed by atoms with Gasteiger partial charge in [-0.25, -0.2) is 0 Å². The van der Waals surface area contributed by atoms with E-state index in [0.29, 0.717) is 13.0 Å². The Hall–Kier alpha value is -1.33. The summed E-state index contributed by atoms with van der Waals surface area (Å²) >= 11 is 0. The van der Waals surface area contributed by atoms with Gasteiger partial charge < -0.3 is 14.8 Å². The van der Waals surface area contributed by atoms with Crippen molar-refractivity contribution < 1.29 is 10.2 Å². The number of aromatic nitrogens is 1. The summed E-state index contributed by atoms with van der Waals surface area (Å²) in [5.74, 6) is 0.557. The molecule has 112 valence electrons. The van der Waals surface area contributed by atoms with Crippen LogP contribution in [0.2, 0.25) is 0 Å². The van der Waals surface area contributed by atoms with Gasteiger partial charge in [0.2, 0.25) is 5.43 Å². The van der Waals surface area contributed by atoms with Gasteiger partial charge in [-0.1, -0.05) is 6.92 Å². The number of aromatic hydroxyl groups is 1. The average Bonchev–Trinajstić information content (AvgIpc) is 2.43. The lowest BCUT2D eigenvalue weighted by molar-refractivity contribution is 0.180. The topological polar surface area (TPSA) is 65.7 Å². The van der Waals surface area contributed by atoms with E-state index in [-0.39, 0.29) is 17.8 Å².